The van der Waals surface area contributed by atoms with E-state index in [9.17, 15) is 9.59 Å². The Kier molecular flexibility index (Phi) is 5.65. The van der Waals surface area contributed by atoms with Crippen molar-refractivity contribution in [3.63, 3.8) is 0 Å². The van der Waals surface area contributed by atoms with Gasteiger partial charge in [-0.05, 0) is 37.1 Å². The number of carbonyl (C=O) groups excluding carboxylic acids is 1. The van der Waals surface area contributed by atoms with Crippen molar-refractivity contribution in [1.82, 2.24) is 19.7 Å². The van der Waals surface area contributed by atoms with Gasteiger partial charge in [-0.2, -0.15) is 14.6 Å². The molecular weight excluding hydrogens is 472 g/mol. The van der Waals surface area contributed by atoms with Crippen LogP contribution < -0.4 is 15.0 Å². The summed E-state index contributed by atoms with van der Waals surface area (Å²) < 4.78 is 12.6. The summed E-state index contributed by atoms with van der Waals surface area (Å²) in [5, 5.41) is 14.6. The molecule has 11 nitrogen and oxygen atoms in total. The maximum Gasteiger partial charge on any atom is 0.282 e. The van der Waals surface area contributed by atoms with E-state index in [1.165, 1.54) is 34.1 Å². The van der Waals surface area contributed by atoms with Crippen molar-refractivity contribution in [2.24, 2.45) is 4.99 Å². The molecule has 3 aromatic rings. The van der Waals surface area contributed by atoms with Crippen molar-refractivity contribution in [2.45, 2.75) is 26.9 Å². The first-order valence-electron chi connectivity index (χ1n) is 10.7. The highest BCUT2D eigenvalue weighted by Gasteiger charge is 2.34. The number of allylic oxidation sites excluding steroid dienone is 1. The number of nitrogens with one attached hydrogen (secondary N) is 1. The topological polar surface area (TPSA) is 131 Å². The van der Waals surface area contributed by atoms with E-state index >= 15 is 0 Å². The second-order valence-corrected chi connectivity index (χ2v) is 8.69. The number of methoxy groups -OCH3 is 1. The summed E-state index contributed by atoms with van der Waals surface area (Å²) in [7, 11) is 1.50. The summed E-state index contributed by atoms with van der Waals surface area (Å²) >= 11 is 1.36. The lowest BCUT2D eigenvalue weighted by atomic mass is 10.1. The summed E-state index contributed by atoms with van der Waals surface area (Å²) in [5.41, 5.74) is 0.899. The maximum absolute atomic E-state index is 12.5. The van der Waals surface area contributed by atoms with E-state index in [-0.39, 0.29) is 29.4 Å². The number of benzene rings is 1. The molecule has 0 saturated heterocycles. The number of aryl methyl sites for hydroxylation is 1. The third kappa shape index (κ3) is 4.19. The zero-order valence-electron chi connectivity index (χ0n) is 19.1. The molecule has 1 N–H and O–H groups in total. The minimum atomic E-state index is -0.530. The zero-order chi connectivity index (χ0) is 24.7. The number of fused-ring (bicyclic) bond motifs is 2. The minimum absolute atomic E-state index is 0.0567. The standard InChI is InChI=1S/C23H20N6O5S/c1-4-19-27-28-20(30)10-14(25-23(28)35-19)11-33-16-6-5-13(9-17(16)32-3)8-15-21(24)29-18(26-22(15)31)7-12(2)34-29/h5-10,24H,4,11H2,1-3H3/b15-8+,24-21?. The second-order valence-electron chi connectivity index (χ2n) is 7.65. The maximum atomic E-state index is 12.5. The Morgan fingerprint density at radius 3 is 2.83 bits per heavy atom. The first-order chi connectivity index (χ1) is 16.9. The van der Waals surface area contributed by atoms with E-state index in [1.807, 2.05) is 6.92 Å². The van der Waals surface area contributed by atoms with Crippen LogP contribution in [-0.2, 0) is 22.7 Å². The van der Waals surface area contributed by atoms with Gasteiger partial charge in [-0.1, -0.05) is 24.3 Å². The fourth-order valence-electron chi connectivity index (χ4n) is 3.52. The van der Waals surface area contributed by atoms with E-state index < -0.39 is 5.91 Å². The van der Waals surface area contributed by atoms with E-state index in [1.54, 1.807) is 37.3 Å². The van der Waals surface area contributed by atoms with Crippen LogP contribution in [0.4, 0.5) is 0 Å². The smallest absolute Gasteiger partial charge is 0.282 e. The van der Waals surface area contributed by atoms with Gasteiger partial charge in [-0.25, -0.2) is 4.98 Å². The number of nitrogens with zero attached hydrogens (tertiary/aromatic N) is 5. The van der Waals surface area contributed by atoms with Crippen LogP contribution in [0.5, 0.6) is 11.5 Å². The molecule has 1 amide bonds. The molecule has 12 heteroatoms. The zero-order valence-corrected chi connectivity index (χ0v) is 19.9. The number of aliphatic imine (C=N–C) groups is 1. The van der Waals surface area contributed by atoms with Gasteiger partial charge in [-0.15, -0.1) is 5.06 Å². The Hall–Kier alpha value is -4.32. The van der Waals surface area contributed by atoms with Crippen LogP contribution in [0.2, 0.25) is 0 Å². The molecule has 0 radical (unpaired) electrons. The highest BCUT2D eigenvalue weighted by Crippen LogP contribution is 2.31. The first-order valence-corrected chi connectivity index (χ1v) is 11.5. The van der Waals surface area contributed by atoms with Crippen LogP contribution in [-0.4, -0.2) is 44.3 Å². The molecule has 2 aromatic heterocycles. The Morgan fingerprint density at radius 1 is 1.23 bits per heavy atom. The van der Waals surface area contributed by atoms with Gasteiger partial charge < -0.3 is 14.3 Å². The van der Waals surface area contributed by atoms with Crippen molar-refractivity contribution in [3.8, 4) is 11.5 Å². The molecule has 4 heterocycles. The molecule has 0 atom stereocenters. The molecule has 5 rings (SSSR count). The van der Waals surface area contributed by atoms with Crippen molar-refractivity contribution >= 4 is 40.0 Å². The molecule has 35 heavy (non-hydrogen) atoms. The van der Waals surface area contributed by atoms with Gasteiger partial charge in [0.1, 0.15) is 17.4 Å². The molecule has 0 bridgehead atoms. The largest absolute Gasteiger partial charge is 0.493 e. The van der Waals surface area contributed by atoms with Gasteiger partial charge in [-0.3, -0.25) is 15.0 Å². The fourth-order valence-corrected chi connectivity index (χ4v) is 4.38. The molecule has 0 fully saturated rings. The van der Waals surface area contributed by atoms with Crippen LogP contribution in [0.25, 0.3) is 11.0 Å². The molecule has 178 valence electrons. The quantitative estimate of drug-likeness (QED) is 0.520. The van der Waals surface area contributed by atoms with Gasteiger partial charge in [0.15, 0.2) is 23.2 Å². The van der Waals surface area contributed by atoms with Crippen molar-refractivity contribution in [1.29, 1.82) is 5.41 Å². The number of ether oxygens (including phenoxy) is 2. The summed E-state index contributed by atoms with van der Waals surface area (Å²) in [6.45, 7) is 3.74. The Morgan fingerprint density at radius 2 is 2.06 bits per heavy atom. The number of carbonyl (C=O) groups is 1. The SMILES string of the molecule is CCc1nn2c(=O)cc(COc3ccc(/C=C4\C(=N)N5OC(C)=CC5=NC4=O)cc3OC)nc2s1. The van der Waals surface area contributed by atoms with Crippen LogP contribution >= 0.6 is 11.3 Å². The highest BCUT2D eigenvalue weighted by atomic mass is 32.1. The number of rotatable bonds is 6. The van der Waals surface area contributed by atoms with Gasteiger partial charge in [0, 0.05) is 12.1 Å². The normalized spacial score (nSPS) is 16.3. The summed E-state index contributed by atoms with van der Waals surface area (Å²) in [6, 6.07) is 6.48. The summed E-state index contributed by atoms with van der Waals surface area (Å²) in [5.74, 6) is 1.04. The van der Waals surface area contributed by atoms with Gasteiger partial charge in [0.25, 0.3) is 11.5 Å². The fraction of sp³-hybridized carbons (Fsp3) is 0.217. The number of amides is 1. The average Bonchev–Trinajstić information content (AvgIpc) is 3.43. The predicted octanol–water partition coefficient (Wildman–Crippen LogP) is 2.75. The molecule has 2 aliphatic heterocycles. The van der Waals surface area contributed by atoms with Crippen LogP contribution in [0.1, 0.15) is 30.1 Å². The lowest BCUT2D eigenvalue weighted by Crippen LogP contribution is -2.38. The number of amidine groups is 2. The van der Waals surface area contributed by atoms with E-state index in [2.05, 4.69) is 15.1 Å². The molecule has 0 saturated carbocycles. The summed E-state index contributed by atoms with van der Waals surface area (Å²) in [6.07, 6.45) is 3.86. The van der Waals surface area contributed by atoms with Gasteiger partial charge in [0.05, 0.1) is 18.4 Å². The van der Waals surface area contributed by atoms with Crippen molar-refractivity contribution < 1.29 is 19.1 Å². The van der Waals surface area contributed by atoms with E-state index in [0.717, 1.165) is 11.4 Å². The van der Waals surface area contributed by atoms with Crippen LogP contribution in [0.15, 0.2) is 51.5 Å². The van der Waals surface area contributed by atoms with Crippen LogP contribution in [0, 0.1) is 5.41 Å². The summed E-state index contributed by atoms with van der Waals surface area (Å²) in [4.78, 5) is 39.2. The van der Waals surface area contributed by atoms with E-state index in [4.69, 9.17) is 19.7 Å². The number of aromatic nitrogens is 3. The minimum Gasteiger partial charge on any atom is -0.493 e. The van der Waals surface area contributed by atoms with Gasteiger partial charge >= 0.3 is 0 Å². The predicted molar refractivity (Wildman–Crippen MR) is 129 cm³/mol. The molecular formula is C23H20N6O5S. The number of hydrogen-bond acceptors (Lipinski definition) is 9. The Bertz CT molecular complexity index is 1530. The second kappa shape index (κ2) is 8.80. The molecule has 2 aliphatic rings. The molecule has 1 aromatic carbocycles. The average molecular weight is 493 g/mol. The third-order valence-electron chi connectivity index (χ3n) is 5.20. The molecule has 0 spiro atoms. The molecule has 0 aliphatic carbocycles. The van der Waals surface area contributed by atoms with Crippen molar-refractivity contribution in [2.75, 3.05) is 7.11 Å². The van der Waals surface area contributed by atoms with E-state index in [0.29, 0.717) is 33.5 Å². The third-order valence-corrected chi connectivity index (χ3v) is 6.25. The lowest BCUT2D eigenvalue weighted by Gasteiger charge is -2.23. The lowest BCUT2D eigenvalue weighted by molar-refractivity contribution is -0.114. The van der Waals surface area contributed by atoms with Gasteiger partial charge in [0.2, 0.25) is 4.96 Å². The highest BCUT2D eigenvalue weighted by molar-refractivity contribution is 7.16. The Balaban J connectivity index is 1.37. The monoisotopic (exact) mass is 492 g/mol. The Labute approximate surface area is 203 Å². The molecule has 0 unspecified atom stereocenters. The van der Waals surface area contributed by atoms with Crippen LogP contribution in [0.3, 0.4) is 0 Å². The number of hydroxylamine groups is 2. The first kappa shape index (κ1) is 22.5. The number of hydrogen-bond donors (Lipinski definition) is 1. The van der Waals surface area contributed by atoms with Crippen molar-refractivity contribution in [3.05, 3.63) is 68.3 Å².